The summed E-state index contributed by atoms with van der Waals surface area (Å²) in [6.45, 7) is 2.92. The van der Waals surface area contributed by atoms with E-state index >= 15 is 0 Å². The number of aliphatic hydroxyl groups excluding tert-OH is 1. The van der Waals surface area contributed by atoms with Gasteiger partial charge in [0.05, 0.1) is 6.10 Å². The van der Waals surface area contributed by atoms with E-state index < -0.39 is 6.10 Å². The van der Waals surface area contributed by atoms with Crippen LogP contribution < -0.4 is 0 Å². The van der Waals surface area contributed by atoms with E-state index in [0.29, 0.717) is 12.8 Å². The van der Waals surface area contributed by atoms with E-state index in [4.69, 9.17) is 0 Å². The molecular weight excluding hydrogens is 310 g/mol. The summed E-state index contributed by atoms with van der Waals surface area (Å²) in [5.74, 6) is 0.424. The normalized spacial score (nSPS) is 19.6. The second-order valence-corrected chi connectivity index (χ2v) is 7.06. The van der Waals surface area contributed by atoms with E-state index in [2.05, 4.69) is 19.1 Å². The zero-order chi connectivity index (χ0) is 17.6. The quantitative estimate of drug-likeness (QED) is 0.854. The first kappa shape index (κ1) is 17.7. The topological polar surface area (TPSA) is 40.5 Å². The largest absolute Gasteiger partial charge is 0.388 e. The van der Waals surface area contributed by atoms with Gasteiger partial charge in [0.15, 0.2) is 0 Å². The molecule has 3 rings (SSSR count). The van der Waals surface area contributed by atoms with Gasteiger partial charge in [-0.3, -0.25) is 4.79 Å². The third-order valence-electron chi connectivity index (χ3n) is 5.23. The van der Waals surface area contributed by atoms with E-state index in [1.54, 1.807) is 0 Å². The second-order valence-electron chi connectivity index (χ2n) is 7.06. The summed E-state index contributed by atoms with van der Waals surface area (Å²) in [7, 11) is 0. The standard InChI is InChI=1S/C22H27NO2/c1-17(18-9-4-2-5-10-18)15-22(25)23-14-8-13-20(23)16-21(24)19-11-6-3-7-12-19/h2-7,9-12,17,20-21,24H,8,13-16H2,1H3. The molecule has 0 bridgehead atoms. The Hall–Kier alpha value is -2.13. The molecule has 3 unspecified atom stereocenters. The van der Waals surface area contributed by atoms with E-state index in [-0.39, 0.29) is 17.9 Å². The van der Waals surface area contributed by atoms with Gasteiger partial charge in [-0.2, -0.15) is 0 Å². The molecule has 1 N–H and O–H groups in total. The summed E-state index contributed by atoms with van der Waals surface area (Å²) in [6, 6.07) is 20.1. The summed E-state index contributed by atoms with van der Waals surface area (Å²) in [4.78, 5) is 14.8. The van der Waals surface area contributed by atoms with Gasteiger partial charge in [0.25, 0.3) is 0 Å². The molecule has 1 saturated heterocycles. The van der Waals surface area contributed by atoms with Gasteiger partial charge in [-0.25, -0.2) is 0 Å². The molecule has 1 aliphatic heterocycles. The number of hydrogen-bond donors (Lipinski definition) is 1. The van der Waals surface area contributed by atoms with Gasteiger partial charge in [-0.05, 0) is 36.3 Å². The molecule has 25 heavy (non-hydrogen) atoms. The van der Waals surface area contributed by atoms with Crippen LogP contribution in [0.2, 0.25) is 0 Å². The van der Waals surface area contributed by atoms with Gasteiger partial charge < -0.3 is 10.0 Å². The summed E-state index contributed by atoms with van der Waals surface area (Å²) in [5, 5.41) is 10.5. The lowest BCUT2D eigenvalue weighted by Gasteiger charge is -2.28. The van der Waals surface area contributed by atoms with Crippen LogP contribution in [0.25, 0.3) is 0 Å². The molecule has 3 heteroatoms. The van der Waals surface area contributed by atoms with Crippen molar-refractivity contribution < 1.29 is 9.90 Å². The van der Waals surface area contributed by atoms with Crippen LogP contribution in [0.3, 0.4) is 0 Å². The molecule has 1 aliphatic rings. The van der Waals surface area contributed by atoms with E-state index in [0.717, 1.165) is 24.9 Å². The maximum Gasteiger partial charge on any atom is 0.223 e. The number of amides is 1. The van der Waals surface area contributed by atoms with Gasteiger partial charge in [-0.15, -0.1) is 0 Å². The van der Waals surface area contributed by atoms with Crippen molar-refractivity contribution in [2.45, 2.75) is 50.7 Å². The molecule has 0 aliphatic carbocycles. The minimum atomic E-state index is -0.508. The lowest BCUT2D eigenvalue weighted by Crippen LogP contribution is -2.37. The smallest absolute Gasteiger partial charge is 0.223 e. The highest BCUT2D eigenvalue weighted by Crippen LogP contribution is 2.29. The third kappa shape index (κ3) is 4.49. The SMILES string of the molecule is CC(CC(=O)N1CCCC1CC(O)c1ccccc1)c1ccccc1. The summed E-state index contributed by atoms with van der Waals surface area (Å²) >= 11 is 0. The van der Waals surface area contributed by atoms with Crippen LogP contribution in [0.15, 0.2) is 60.7 Å². The van der Waals surface area contributed by atoms with Crippen LogP contribution in [0, 0.1) is 0 Å². The van der Waals surface area contributed by atoms with Crippen molar-refractivity contribution in [2.75, 3.05) is 6.54 Å². The molecule has 3 atom stereocenters. The molecular formula is C22H27NO2. The molecule has 2 aromatic carbocycles. The van der Waals surface area contributed by atoms with Crippen molar-refractivity contribution >= 4 is 5.91 Å². The van der Waals surface area contributed by atoms with Crippen LogP contribution in [0.5, 0.6) is 0 Å². The average Bonchev–Trinajstić information content (AvgIpc) is 3.11. The molecule has 3 nitrogen and oxygen atoms in total. The number of hydrogen-bond acceptors (Lipinski definition) is 2. The molecule has 1 amide bonds. The molecule has 132 valence electrons. The molecule has 0 aromatic heterocycles. The first-order chi connectivity index (χ1) is 12.1. The molecule has 1 fully saturated rings. The monoisotopic (exact) mass is 337 g/mol. The van der Waals surface area contributed by atoms with E-state index in [1.165, 1.54) is 5.56 Å². The molecule has 0 saturated carbocycles. The third-order valence-corrected chi connectivity index (χ3v) is 5.23. The second kappa shape index (κ2) is 8.30. The lowest BCUT2D eigenvalue weighted by molar-refractivity contribution is -0.132. The number of aliphatic hydroxyl groups is 1. The first-order valence-electron chi connectivity index (χ1n) is 9.22. The molecule has 0 radical (unpaired) electrons. The number of carbonyl (C=O) groups is 1. The lowest BCUT2D eigenvalue weighted by atomic mass is 9.96. The minimum Gasteiger partial charge on any atom is -0.388 e. The van der Waals surface area contributed by atoms with Crippen molar-refractivity contribution in [3.05, 3.63) is 71.8 Å². The Labute approximate surface area is 150 Å². The highest BCUT2D eigenvalue weighted by molar-refractivity contribution is 5.77. The Balaban J connectivity index is 1.60. The Morgan fingerprint density at radius 3 is 2.32 bits per heavy atom. The number of likely N-dealkylation sites (tertiary alicyclic amines) is 1. The highest BCUT2D eigenvalue weighted by atomic mass is 16.3. The fourth-order valence-electron chi connectivity index (χ4n) is 3.76. The summed E-state index contributed by atoms with van der Waals surface area (Å²) < 4.78 is 0. The Morgan fingerprint density at radius 1 is 1.08 bits per heavy atom. The first-order valence-corrected chi connectivity index (χ1v) is 9.22. The fourth-order valence-corrected chi connectivity index (χ4v) is 3.76. The number of rotatable bonds is 6. The van der Waals surface area contributed by atoms with Crippen molar-refractivity contribution in [1.82, 2.24) is 4.90 Å². The number of nitrogens with zero attached hydrogens (tertiary/aromatic N) is 1. The summed E-state index contributed by atoms with van der Waals surface area (Å²) in [6.07, 6.45) is 2.65. The predicted octanol–water partition coefficient (Wildman–Crippen LogP) is 4.29. The van der Waals surface area contributed by atoms with E-state index in [9.17, 15) is 9.90 Å². The van der Waals surface area contributed by atoms with Gasteiger partial charge in [0, 0.05) is 19.0 Å². The van der Waals surface area contributed by atoms with Crippen LogP contribution in [0.4, 0.5) is 0 Å². The number of carbonyl (C=O) groups excluding carboxylic acids is 1. The zero-order valence-electron chi connectivity index (χ0n) is 14.8. The molecule has 1 heterocycles. The van der Waals surface area contributed by atoms with Gasteiger partial charge in [-0.1, -0.05) is 67.6 Å². The fraction of sp³-hybridized carbons (Fsp3) is 0.409. The van der Waals surface area contributed by atoms with Crippen molar-refractivity contribution in [3.8, 4) is 0 Å². The average molecular weight is 337 g/mol. The highest BCUT2D eigenvalue weighted by Gasteiger charge is 2.31. The molecule has 2 aromatic rings. The van der Waals surface area contributed by atoms with Crippen molar-refractivity contribution in [2.24, 2.45) is 0 Å². The van der Waals surface area contributed by atoms with Crippen LogP contribution in [0.1, 0.15) is 55.8 Å². The summed E-state index contributed by atoms with van der Waals surface area (Å²) in [5.41, 5.74) is 2.13. The molecule has 0 spiro atoms. The maximum atomic E-state index is 12.8. The van der Waals surface area contributed by atoms with Crippen molar-refractivity contribution in [1.29, 1.82) is 0 Å². The zero-order valence-corrected chi connectivity index (χ0v) is 14.8. The minimum absolute atomic E-state index is 0.144. The van der Waals surface area contributed by atoms with Gasteiger partial charge in [0.2, 0.25) is 5.91 Å². The van der Waals surface area contributed by atoms with Crippen LogP contribution >= 0.6 is 0 Å². The number of benzene rings is 2. The van der Waals surface area contributed by atoms with Crippen molar-refractivity contribution in [3.63, 3.8) is 0 Å². The predicted molar refractivity (Wildman–Crippen MR) is 100 cm³/mol. The van der Waals surface area contributed by atoms with Crippen LogP contribution in [-0.2, 0) is 4.79 Å². The van der Waals surface area contributed by atoms with E-state index in [1.807, 2.05) is 53.4 Å². The van der Waals surface area contributed by atoms with Crippen LogP contribution in [-0.4, -0.2) is 28.5 Å². The Morgan fingerprint density at radius 2 is 1.68 bits per heavy atom. The maximum absolute atomic E-state index is 12.8. The van der Waals surface area contributed by atoms with Gasteiger partial charge >= 0.3 is 0 Å². The Kier molecular flexibility index (Phi) is 5.87. The van der Waals surface area contributed by atoms with Gasteiger partial charge in [0.1, 0.15) is 0 Å². The Bertz CT molecular complexity index is 671.